The van der Waals surface area contributed by atoms with Crippen molar-refractivity contribution in [1.82, 2.24) is 0 Å². The molecule has 3 rings (SSSR count). The number of thiophene rings is 1. The van der Waals surface area contributed by atoms with E-state index in [4.69, 9.17) is 18.9 Å². The predicted octanol–water partition coefficient (Wildman–Crippen LogP) is 4.72. The van der Waals surface area contributed by atoms with Gasteiger partial charge in [-0.25, -0.2) is 4.79 Å². The molecule has 2 aromatic rings. The van der Waals surface area contributed by atoms with Gasteiger partial charge in [-0.2, -0.15) is 0 Å². The lowest BCUT2D eigenvalue weighted by Crippen LogP contribution is -2.18. The van der Waals surface area contributed by atoms with E-state index in [-0.39, 0.29) is 12.0 Å². The van der Waals surface area contributed by atoms with Crippen molar-refractivity contribution in [3.63, 3.8) is 0 Å². The van der Waals surface area contributed by atoms with Crippen LogP contribution >= 0.6 is 11.3 Å². The SMILES string of the molecule is COc1cc(C(=O)Nc2sc3c(c2C(=O)OC(C)C)CCC(C)C3)cc(OC)c1OC. The van der Waals surface area contributed by atoms with Gasteiger partial charge in [0.2, 0.25) is 5.75 Å². The number of anilines is 1. The Labute approximate surface area is 186 Å². The van der Waals surface area contributed by atoms with E-state index < -0.39 is 5.97 Å². The lowest BCUT2D eigenvalue weighted by atomic mass is 9.88. The minimum atomic E-state index is -0.401. The summed E-state index contributed by atoms with van der Waals surface area (Å²) in [6.45, 7) is 5.82. The standard InChI is InChI=1S/C23H29NO6S/c1-12(2)30-23(26)19-15-8-7-13(3)9-18(15)31-22(19)24-21(25)14-10-16(27-4)20(29-6)17(11-14)28-5/h10-13H,7-9H2,1-6H3,(H,24,25). The summed E-state index contributed by atoms with van der Waals surface area (Å²) in [6, 6.07) is 3.16. The lowest BCUT2D eigenvalue weighted by Gasteiger charge is -2.19. The number of esters is 1. The fourth-order valence-corrected chi connectivity index (χ4v) is 5.11. The van der Waals surface area contributed by atoms with Crippen molar-refractivity contribution in [3.8, 4) is 17.2 Å². The molecule has 31 heavy (non-hydrogen) atoms. The molecule has 0 spiro atoms. The Morgan fingerprint density at radius 2 is 1.74 bits per heavy atom. The first-order valence-electron chi connectivity index (χ1n) is 10.3. The normalized spacial score (nSPS) is 15.3. The Hall–Kier alpha value is -2.74. The van der Waals surface area contributed by atoms with Crippen LogP contribution in [-0.4, -0.2) is 39.3 Å². The molecule has 0 fully saturated rings. The van der Waals surface area contributed by atoms with E-state index in [0.717, 1.165) is 29.7 Å². The first-order chi connectivity index (χ1) is 14.8. The molecular formula is C23H29NO6S. The number of fused-ring (bicyclic) bond motifs is 1. The number of carbonyl (C=O) groups excluding carboxylic acids is 2. The third-order valence-corrected chi connectivity index (χ3v) is 6.38. The van der Waals surface area contributed by atoms with Crippen LogP contribution in [0, 0.1) is 5.92 Å². The molecule has 1 heterocycles. The zero-order valence-corrected chi connectivity index (χ0v) is 19.6. The van der Waals surface area contributed by atoms with E-state index in [1.165, 1.54) is 32.7 Å². The van der Waals surface area contributed by atoms with Gasteiger partial charge in [0.15, 0.2) is 11.5 Å². The summed E-state index contributed by atoms with van der Waals surface area (Å²) < 4.78 is 21.5. The quantitative estimate of drug-likeness (QED) is 0.619. The summed E-state index contributed by atoms with van der Waals surface area (Å²) in [5.41, 5.74) is 1.80. The molecule has 1 aliphatic rings. The van der Waals surface area contributed by atoms with Crippen LogP contribution in [0.4, 0.5) is 5.00 Å². The molecule has 168 valence electrons. The Morgan fingerprint density at radius 1 is 1.10 bits per heavy atom. The zero-order valence-electron chi connectivity index (χ0n) is 18.8. The lowest BCUT2D eigenvalue weighted by molar-refractivity contribution is 0.0378. The van der Waals surface area contributed by atoms with Gasteiger partial charge in [0, 0.05) is 10.4 Å². The van der Waals surface area contributed by atoms with Crippen LogP contribution in [0.15, 0.2) is 12.1 Å². The van der Waals surface area contributed by atoms with Crippen LogP contribution in [0.2, 0.25) is 0 Å². The van der Waals surface area contributed by atoms with Crippen LogP contribution in [0.25, 0.3) is 0 Å². The van der Waals surface area contributed by atoms with Crippen LogP contribution in [0.3, 0.4) is 0 Å². The predicted molar refractivity (Wildman–Crippen MR) is 120 cm³/mol. The van der Waals surface area contributed by atoms with Gasteiger partial charge in [0.05, 0.1) is 33.0 Å². The summed E-state index contributed by atoms with van der Waals surface area (Å²) in [4.78, 5) is 27.1. The second-order valence-electron chi connectivity index (χ2n) is 7.88. The van der Waals surface area contributed by atoms with Gasteiger partial charge in [-0.15, -0.1) is 11.3 Å². The van der Waals surface area contributed by atoms with Gasteiger partial charge >= 0.3 is 5.97 Å². The highest BCUT2D eigenvalue weighted by atomic mass is 32.1. The molecule has 1 unspecified atom stereocenters. The summed E-state index contributed by atoms with van der Waals surface area (Å²) in [5.74, 6) is 0.935. The maximum Gasteiger partial charge on any atom is 0.341 e. The maximum absolute atomic E-state index is 13.1. The highest BCUT2D eigenvalue weighted by molar-refractivity contribution is 7.17. The topological polar surface area (TPSA) is 83.1 Å². The first-order valence-corrected chi connectivity index (χ1v) is 11.1. The third kappa shape index (κ3) is 4.79. The van der Waals surface area contributed by atoms with Gasteiger partial charge in [0.25, 0.3) is 5.91 Å². The molecular weight excluding hydrogens is 418 g/mol. The molecule has 0 saturated heterocycles. The summed E-state index contributed by atoms with van der Waals surface area (Å²) >= 11 is 1.45. The number of carbonyl (C=O) groups is 2. The molecule has 1 amide bonds. The number of amides is 1. The van der Waals surface area contributed by atoms with Gasteiger partial charge in [-0.3, -0.25) is 4.79 Å². The van der Waals surface area contributed by atoms with Crippen molar-refractivity contribution in [1.29, 1.82) is 0 Å². The van der Waals surface area contributed by atoms with Crippen molar-refractivity contribution in [2.45, 2.75) is 46.1 Å². The van der Waals surface area contributed by atoms with Crippen molar-refractivity contribution in [2.24, 2.45) is 5.92 Å². The van der Waals surface area contributed by atoms with Crippen molar-refractivity contribution < 1.29 is 28.5 Å². The van der Waals surface area contributed by atoms with E-state index in [1.807, 2.05) is 13.8 Å². The minimum Gasteiger partial charge on any atom is -0.493 e. The molecule has 1 aromatic carbocycles. The summed E-state index contributed by atoms with van der Waals surface area (Å²) in [6.07, 6.45) is 2.45. The minimum absolute atomic E-state index is 0.246. The van der Waals surface area contributed by atoms with E-state index >= 15 is 0 Å². The Bertz CT molecular complexity index is 956. The van der Waals surface area contributed by atoms with Gasteiger partial charge in [-0.1, -0.05) is 6.92 Å². The smallest absolute Gasteiger partial charge is 0.341 e. The average molecular weight is 448 g/mol. The molecule has 0 radical (unpaired) electrons. The molecule has 7 nitrogen and oxygen atoms in total. The highest BCUT2D eigenvalue weighted by Crippen LogP contribution is 2.41. The third-order valence-electron chi connectivity index (χ3n) is 5.21. The fraction of sp³-hybridized carbons (Fsp3) is 0.478. The highest BCUT2D eigenvalue weighted by Gasteiger charge is 2.30. The van der Waals surface area contributed by atoms with Crippen molar-refractivity contribution >= 4 is 28.2 Å². The zero-order chi connectivity index (χ0) is 22.7. The van der Waals surface area contributed by atoms with Crippen LogP contribution in [0.1, 0.15) is 58.3 Å². The molecule has 1 N–H and O–H groups in total. The number of hydrogen-bond donors (Lipinski definition) is 1. The second-order valence-corrected chi connectivity index (χ2v) is 8.98. The summed E-state index contributed by atoms with van der Waals surface area (Å²) in [7, 11) is 4.49. The number of ether oxygens (including phenoxy) is 4. The number of rotatable bonds is 7. The molecule has 1 atom stereocenters. The second kappa shape index (κ2) is 9.60. The molecule has 0 bridgehead atoms. The fourth-order valence-electron chi connectivity index (χ4n) is 3.72. The first kappa shape index (κ1) is 22.9. The number of hydrogen-bond acceptors (Lipinski definition) is 7. The molecule has 8 heteroatoms. The monoisotopic (exact) mass is 447 g/mol. The maximum atomic E-state index is 13.1. The van der Waals surface area contributed by atoms with E-state index in [2.05, 4.69) is 12.2 Å². The molecule has 1 aromatic heterocycles. The van der Waals surface area contributed by atoms with Crippen LogP contribution in [-0.2, 0) is 17.6 Å². The van der Waals surface area contributed by atoms with Crippen LogP contribution in [0.5, 0.6) is 17.2 Å². The van der Waals surface area contributed by atoms with Crippen LogP contribution < -0.4 is 19.5 Å². The van der Waals surface area contributed by atoms with Crippen molar-refractivity contribution in [2.75, 3.05) is 26.6 Å². The van der Waals surface area contributed by atoms with E-state index in [0.29, 0.717) is 39.3 Å². The van der Waals surface area contributed by atoms with Gasteiger partial charge in [0.1, 0.15) is 5.00 Å². The molecule has 0 aliphatic heterocycles. The van der Waals surface area contributed by atoms with E-state index in [1.54, 1.807) is 12.1 Å². The number of nitrogens with one attached hydrogen (secondary N) is 1. The number of benzene rings is 1. The number of methoxy groups -OCH3 is 3. The summed E-state index contributed by atoms with van der Waals surface area (Å²) in [5, 5.41) is 3.44. The Kier molecular flexibility index (Phi) is 7.10. The average Bonchev–Trinajstić information content (AvgIpc) is 3.08. The largest absolute Gasteiger partial charge is 0.493 e. The van der Waals surface area contributed by atoms with Crippen molar-refractivity contribution in [3.05, 3.63) is 33.7 Å². The van der Waals surface area contributed by atoms with Gasteiger partial charge < -0.3 is 24.3 Å². The van der Waals surface area contributed by atoms with Gasteiger partial charge in [-0.05, 0) is 56.7 Å². The molecule has 1 aliphatic carbocycles. The van der Waals surface area contributed by atoms with E-state index in [9.17, 15) is 9.59 Å². The Balaban J connectivity index is 1.98. The molecule has 0 saturated carbocycles. The Morgan fingerprint density at radius 3 is 2.29 bits per heavy atom.